The molecule has 1 heterocycles. The monoisotopic (exact) mass is 215 g/mol. The zero-order valence-electron chi connectivity index (χ0n) is 10.1. The summed E-state index contributed by atoms with van der Waals surface area (Å²) in [5, 5.41) is 3.68. The predicted molar refractivity (Wildman–Crippen MR) is 67.0 cm³/mol. The molecule has 0 aromatic carbocycles. The summed E-state index contributed by atoms with van der Waals surface area (Å²) in [5.41, 5.74) is 0.392. The molecule has 14 heavy (non-hydrogen) atoms. The van der Waals surface area contributed by atoms with Gasteiger partial charge in [0.15, 0.2) is 0 Å². The second-order valence-corrected chi connectivity index (χ2v) is 6.78. The van der Waals surface area contributed by atoms with Crippen LogP contribution in [0.4, 0.5) is 0 Å². The Hall–Kier alpha value is 0.310. The lowest BCUT2D eigenvalue weighted by atomic mass is 9.87. The Morgan fingerprint density at radius 1 is 1.29 bits per heavy atom. The molecule has 0 radical (unpaired) electrons. The fourth-order valence-corrected chi connectivity index (χ4v) is 2.80. The molecule has 1 atom stereocenters. The maximum absolute atomic E-state index is 3.68. The number of hydrogen-bond donors (Lipinski definition) is 1. The molecule has 0 saturated carbocycles. The standard InChI is InChI=1S/C12H25NS/c1-10(12(2,3)4)13-9-11-5-7-14-8-6-11/h10-11,13H,5-9H2,1-4H3. The van der Waals surface area contributed by atoms with Crippen LogP contribution < -0.4 is 5.32 Å². The highest BCUT2D eigenvalue weighted by molar-refractivity contribution is 7.99. The van der Waals surface area contributed by atoms with E-state index >= 15 is 0 Å². The SMILES string of the molecule is CC(NCC1CCSCC1)C(C)(C)C. The quantitative estimate of drug-likeness (QED) is 0.776. The fraction of sp³-hybridized carbons (Fsp3) is 1.00. The zero-order chi connectivity index (χ0) is 10.6. The van der Waals surface area contributed by atoms with Crippen molar-refractivity contribution in [1.29, 1.82) is 0 Å². The summed E-state index contributed by atoms with van der Waals surface area (Å²) in [4.78, 5) is 0. The van der Waals surface area contributed by atoms with Gasteiger partial charge in [-0.3, -0.25) is 0 Å². The second kappa shape index (κ2) is 5.41. The van der Waals surface area contributed by atoms with E-state index in [-0.39, 0.29) is 0 Å². The third-order valence-electron chi connectivity index (χ3n) is 3.35. The van der Waals surface area contributed by atoms with Crippen LogP contribution in [-0.4, -0.2) is 24.1 Å². The molecule has 1 N–H and O–H groups in total. The van der Waals surface area contributed by atoms with Gasteiger partial charge in [0.1, 0.15) is 0 Å². The van der Waals surface area contributed by atoms with Crippen molar-refractivity contribution in [1.82, 2.24) is 5.32 Å². The van der Waals surface area contributed by atoms with E-state index in [1.165, 1.54) is 30.9 Å². The summed E-state index contributed by atoms with van der Waals surface area (Å²) in [6.07, 6.45) is 2.82. The fourth-order valence-electron chi connectivity index (χ4n) is 1.60. The van der Waals surface area contributed by atoms with E-state index in [1.54, 1.807) is 0 Å². The minimum Gasteiger partial charge on any atom is -0.313 e. The van der Waals surface area contributed by atoms with Crippen molar-refractivity contribution in [2.24, 2.45) is 11.3 Å². The summed E-state index contributed by atoms with van der Waals surface area (Å²) in [7, 11) is 0. The topological polar surface area (TPSA) is 12.0 Å². The van der Waals surface area contributed by atoms with Gasteiger partial charge in [-0.05, 0) is 49.1 Å². The summed E-state index contributed by atoms with van der Waals surface area (Å²) < 4.78 is 0. The highest BCUT2D eigenvalue weighted by Crippen LogP contribution is 2.23. The molecule has 1 saturated heterocycles. The van der Waals surface area contributed by atoms with Gasteiger partial charge in [0, 0.05) is 6.04 Å². The molecule has 1 nitrogen and oxygen atoms in total. The van der Waals surface area contributed by atoms with Crippen LogP contribution in [0.5, 0.6) is 0 Å². The van der Waals surface area contributed by atoms with Gasteiger partial charge >= 0.3 is 0 Å². The molecule has 84 valence electrons. The van der Waals surface area contributed by atoms with Crippen LogP contribution in [-0.2, 0) is 0 Å². The molecule has 0 aromatic heterocycles. The number of thioether (sulfide) groups is 1. The predicted octanol–water partition coefficient (Wildman–Crippen LogP) is 3.15. The van der Waals surface area contributed by atoms with Gasteiger partial charge in [-0.2, -0.15) is 11.8 Å². The van der Waals surface area contributed by atoms with Gasteiger partial charge in [0.2, 0.25) is 0 Å². The van der Waals surface area contributed by atoms with Gasteiger partial charge in [-0.1, -0.05) is 20.8 Å². The molecular weight excluding hydrogens is 190 g/mol. The molecule has 1 fully saturated rings. The molecule has 0 aromatic rings. The van der Waals surface area contributed by atoms with Crippen molar-refractivity contribution < 1.29 is 0 Å². The largest absolute Gasteiger partial charge is 0.313 e. The molecule has 1 aliphatic rings. The van der Waals surface area contributed by atoms with Crippen molar-refractivity contribution in [3.63, 3.8) is 0 Å². The highest BCUT2D eigenvalue weighted by atomic mass is 32.2. The molecular formula is C12H25NS. The minimum absolute atomic E-state index is 0.392. The Bertz CT molecular complexity index is 156. The Morgan fingerprint density at radius 2 is 1.86 bits per heavy atom. The molecule has 0 aliphatic carbocycles. The molecule has 2 heteroatoms. The Labute approximate surface area is 93.4 Å². The Balaban J connectivity index is 2.19. The van der Waals surface area contributed by atoms with Crippen LogP contribution in [0.1, 0.15) is 40.5 Å². The minimum atomic E-state index is 0.392. The number of rotatable bonds is 3. The Morgan fingerprint density at radius 3 is 2.36 bits per heavy atom. The molecule has 1 aliphatic heterocycles. The first-order valence-corrected chi connectivity index (χ1v) is 6.97. The average molecular weight is 215 g/mol. The van der Waals surface area contributed by atoms with E-state index in [4.69, 9.17) is 0 Å². The van der Waals surface area contributed by atoms with Gasteiger partial charge in [-0.25, -0.2) is 0 Å². The van der Waals surface area contributed by atoms with E-state index in [9.17, 15) is 0 Å². The normalized spacial score (nSPS) is 22.3. The summed E-state index contributed by atoms with van der Waals surface area (Å²) >= 11 is 2.11. The highest BCUT2D eigenvalue weighted by Gasteiger charge is 2.21. The van der Waals surface area contributed by atoms with E-state index in [1.807, 2.05) is 0 Å². The second-order valence-electron chi connectivity index (χ2n) is 5.55. The average Bonchev–Trinajstić information content (AvgIpc) is 2.14. The van der Waals surface area contributed by atoms with Crippen LogP contribution in [0, 0.1) is 11.3 Å². The van der Waals surface area contributed by atoms with Crippen molar-refractivity contribution in [3.05, 3.63) is 0 Å². The smallest absolute Gasteiger partial charge is 0.00873 e. The van der Waals surface area contributed by atoms with E-state index < -0.39 is 0 Å². The molecule has 0 bridgehead atoms. The number of nitrogens with one attached hydrogen (secondary N) is 1. The van der Waals surface area contributed by atoms with Crippen LogP contribution in [0.15, 0.2) is 0 Å². The van der Waals surface area contributed by atoms with Gasteiger partial charge in [-0.15, -0.1) is 0 Å². The molecule has 0 amide bonds. The van der Waals surface area contributed by atoms with Crippen LogP contribution in [0.25, 0.3) is 0 Å². The lowest BCUT2D eigenvalue weighted by Crippen LogP contribution is -2.40. The first kappa shape index (κ1) is 12.4. The van der Waals surface area contributed by atoms with Crippen molar-refractivity contribution in [2.45, 2.75) is 46.6 Å². The van der Waals surface area contributed by atoms with E-state index in [0.29, 0.717) is 11.5 Å². The first-order valence-electron chi connectivity index (χ1n) is 5.81. The molecule has 1 unspecified atom stereocenters. The van der Waals surface area contributed by atoms with Crippen LogP contribution in [0.3, 0.4) is 0 Å². The van der Waals surface area contributed by atoms with Gasteiger partial charge < -0.3 is 5.32 Å². The maximum atomic E-state index is 3.68. The van der Waals surface area contributed by atoms with Crippen LogP contribution >= 0.6 is 11.8 Å². The van der Waals surface area contributed by atoms with E-state index in [0.717, 1.165) is 5.92 Å². The van der Waals surface area contributed by atoms with Crippen molar-refractivity contribution in [3.8, 4) is 0 Å². The summed E-state index contributed by atoms with van der Waals surface area (Å²) in [5.74, 6) is 3.67. The van der Waals surface area contributed by atoms with Gasteiger partial charge in [0.25, 0.3) is 0 Å². The Kier molecular flexibility index (Phi) is 4.78. The third-order valence-corrected chi connectivity index (χ3v) is 4.40. The maximum Gasteiger partial charge on any atom is 0.00873 e. The number of hydrogen-bond acceptors (Lipinski definition) is 2. The van der Waals surface area contributed by atoms with Crippen molar-refractivity contribution >= 4 is 11.8 Å². The lowest BCUT2D eigenvalue weighted by Gasteiger charge is -2.31. The van der Waals surface area contributed by atoms with Crippen LogP contribution in [0.2, 0.25) is 0 Å². The first-order chi connectivity index (χ1) is 6.50. The molecule has 1 rings (SSSR count). The molecule has 0 spiro atoms. The lowest BCUT2D eigenvalue weighted by molar-refractivity contribution is 0.269. The van der Waals surface area contributed by atoms with E-state index in [2.05, 4.69) is 44.8 Å². The third kappa shape index (κ3) is 4.22. The summed E-state index contributed by atoms with van der Waals surface area (Å²) in [6.45, 7) is 10.4. The van der Waals surface area contributed by atoms with Gasteiger partial charge in [0.05, 0.1) is 0 Å². The zero-order valence-corrected chi connectivity index (χ0v) is 10.9. The summed E-state index contributed by atoms with van der Waals surface area (Å²) in [6, 6.07) is 0.622. The van der Waals surface area contributed by atoms with Crippen molar-refractivity contribution in [2.75, 3.05) is 18.1 Å².